The second-order valence-corrected chi connectivity index (χ2v) is 6.21. The number of allylic oxidation sites excluding steroid dienone is 2. The van der Waals surface area contributed by atoms with Crippen LogP contribution in [0.5, 0.6) is 5.75 Å². The minimum Gasteiger partial charge on any atom is -0.497 e. The van der Waals surface area contributed by atoms with E-state index >= 15 is 0 Å². The molecular formula is C19H22O4. The molecular weight excluding hydrogens is 292 g/mol. The number of rotatable bonds is 3. The van der Waals surface area contributed by atoms with E-state index in [9.17, 15) is 9.59 Å². The molecule has 0 N–H and O–H groups in total. The first-order chi connectivity index (χ1) is 11.2. The summed E-state index contributed by atoms with van der Waals surface area (Å²) in [5.41, 5.74) is 3.24. The molecule has 0 amide bonds. The van der Waals surface area contributed by atoms with Gasteiger partial charge in [0.15, 0.2) is 5.78 Å². The highest BCUT2D eigenvalue weighted by Crippen LogP contribution is 2.45. The maximum Gasteiger partial charge on any atom is 0.316 e. The Kier molecular flexibility index (Phi) is 4.51. The summed E-state index contributed by atoms with van der Waals surface area (Å²) < 4.78 is 10.1. The molecule has 4 nitrogen and oxygen atoms in total. The fourth-order valence-electron chi connectivity index (χ4n) is 3.81. The summed E-state index contributed by atoms with van der Waals surface area (Å²) in [6.45, 7) is 0. The quantitative estimate of drug-likeness (QED) is 0.634. The van der Waals surface area contributed by atoms with E-state index in [1.54, 1.807) is 7.11 Å². The van der Waals surface area contributed by atoms with Crippen LogP contribution in [0.3, 0.4) is 0 Å². The molecule has 2 aliphatic rings. The molecule has 23 heavy (non-hydrogen) atoms. The summed E-state index contributed by atoms with van der Waals surface area (Å²) in [7, 11) is 2.99. The van der Waals surface area contributed by atoms with Crippen LogP contribution in [0.1, 0.15) is 43.6 Å². The molecule has 0 aliphatic heterocycles. The van der Waals surface area contributed by atoms with Gasteiger partial charge in [0.1, 0.15) is 11.7 Å². The molecule has 0 saturated heterocycles. The predicted molar refractivity (Wildman–Crippen MR) is 86.4 cm³/mol. The van der Waals surface area contributed by atoms with Crippen molar-refractivity contribution in [2.75, 3.05) is 14.2 Å². The molecule has 1 aromatic rings. The molecule has 2 aliphatic carbocycles. The molecule has 122 valence electrons. The van der Waals surface area contributed by atoms with E-state index < -0.39 is 11.9 Å². The van der Waals surface area contributed by atoms with Crippen molar-refractivity contribution in [3.05, 3.63) is 41.0 Å². The Bertz CT molecular complexity index is 642. The maximum absolute atomic E-state index is 12.7. The van der Waals surface area contributed by atoms with Gasteiger partial charge in [-0.25, -0.2) is 0 Å². The highest BCUT2D eigenvalue weighted by Gasteiger charge is 2.41. The number of hydrogen-bond acceptors (Lipinski definition) is 4. The van der Waals surface area contributed by atoms with Gasteiger partial charge >= 0.3 is 5.97 Å². The van der Waals surface area contributed by atoms with Gasteiger partial charge in [-0.3, -0.25) is 9.59 Å². The monoisotopic (exact) mass is 314 g/mol. The summed E-state index contributed by atoms with van der Waals surface area (Å²) in [5.74, 6) is -0.160. The largest absolute Gasteiger partial charge is 0.497 e. The smallest absolute Gasteiger partial charge is 0.316 e. The minimum atomic E-state index is -0.663. The molecule has 0 bridgehead atoms. The van der Waals surface area contributed by atoms with Gasteiger partial charge in [0.05, 0.1) is 14.2 Å². The Morgan fingerprint density at radius 3 is 2.43 bits per heavy atom. The van der Waals surface area contributed by atoms with Crippen molar-refractivity contribution in [2.24, 2.45) is 5.92 Å². The first-order valence-electron chi connectivity index (χ1n) is 8.13. The lowest BCUT2D eigenvalue weighted by molar-refractivity contribution is -0.149. The van der Waals surface area contributed by atoms with Crippen molar-refractivity contribution in [1.82, 2.24) is 0 Å². The van der Waals surface area contributed by atoms with Crippen molar-refractivity contribution < 1.29 is 19.1 Å². The lowest BCUT2D eigenvalue weighted by atomic mass is 9.69. The number of Topliss-reactive ketones (excluding diaryl/α,β-unsaturated/α-hetero) is 1. The normalized spacial score (nSPS) is 24.2. The highest BCUT2D eigenvalue weighted by molar-refractivity contribution is 6.09. The summed E-state index contributed by atoms with van der Waals surface area (Å²) in [5, 5.41) is 0. The van der Waals surface area contributed by atoms with Gasteiger partial charge in [0, 0.05) is 5.92 Å². The van der Waals surface area contributed by atoms with Crippen molar-refractivity contribution in [1.29, 1.82) is 0 Å². The number of hydrogen-bond donors (Lipinski definition) is 0. The minimum absolute atomic E-state index is 0.0173. The van der Waals surface area contributed by atoms with E-state index in [0.717, 1.165) is 42.6 Å². The molecule has 3 rings (SSSR count). The lowest BCUT2D eigenvalue weighted by Crippen LogP contribution is -2.34. The Labute approximate surface area is 136 Å². The summed E-state index contributed by atoms with van der Waals surface area (Å²) in [6.07, 6.45) is 4.38. The molecule has 0 heterocycles. The van der Waals surface area contributed by atoms with Gasteiger partial charge in [0.25, 0.3) is 0 Å². The van der Waals surface area contributed by atoms with Crippen LogP contribution in [-0.4, -0.2) is 26.0 Å². The Morgan fingerprint density at radius 2 is 1.78 bits per heavy atom. The number of ketones is 1. The van der Waals surface area contributed by atoms with Crippen LogP contribution < -0.4 is 4.74 Å². The lowest BCUT2D eigenvalue weighted by Gasteiger charge is -2.34. The first-order valence-corrected chi connectivity index (χ1v) is 8.13. The van der Waals surface area contributed by atoms with E-state index in [1.807, 2.05) is 24.3 Å². The average molecular weight is 314 g/mol. The standard InChI is InChI=1S/C19H22O4/c1-22-13-9-7-12(8-10-13)16-11-17(19(21)23-2)18(20)15-6-4-3-5-14(15)16/h7-10,16-17H,3-6,11H2,1-2H3/t16-,17?/m1/s1. The number of benzene rings is 1. The predicted octanol–water partition coefficient (Wildman–Crippen LogP) is 3.41. The van der Waals surface area contributed by atoms with Crippen LogP contribution in [0, 0.1) is 5.92 Å². The van der Waals surface area contributed by atoms with Gasteiger partial charge in [-0.2, -0.15) is 0 Å². The van der Waals surface area contributed by atoms with E-state index in [0.29, 0.717) is 6.42 Å². The summed E-state index contributed by atoms with van der Waals surface area (Å²) >= 11 is 0. The zero-order chi connectivity index (χ0) is 16.4. The van der Waals surface area contributed by atoms with Gasteiger partial charge in [-0.1, -0.05) is 17.7 Å². The fourth-order valence-corrected chi connectivity index (χ4v) is 3.81. The molecule has 4 heteroatoms. The van der Waals surface area contributed by atoms with E-state index in [4.69, 9.17) is 9.47 Å². The first kappa shape index (κ1) is 15.8. The SMILES string of the molecule is COC(=O)C1C[C@H](c2ccc(OC)cc2)C2=C(CCCC2)C1=O. The maximum atomic E-state index is 12.7. The van der Waals surface area contributed by atoms with Crippen molar-refractivity contribution in [3.63, 3.8) is 0 Å². The molecule has 0 radical (unpaired) electrons. The molecule has 1 aromatic carbocycles. The molecule has 0 aromatic heterocycles. The molecule has 0 spiro atoms. The molecule has 0 saturated carbocycles. The van der Waals surface area contributed by atoms with Crippen molar-refractivity contribution in [3.8, 4) is 5.75 Å². The third-order valence-corrected chi connectivity index (χ3v) is 5.02. The average Bonchev–Trinajstić information content (AvgIpc) is 2.62. The van der Waals surface area contributed by atoms with Crippen molar-refractivity contribution in [2.45, 2.75) is 38.0 Å². The van der Waals surface area contributed by atoms with Crippen LogP contribution >= 0.6 is 0 Å². The third kappa shape index (κ3) is 2.90. The topological polar surface area (TPSA) is 52.6 Å². The number of ether oxygens (including phenoxy) is 2. The fraction of sp³-hybridized carbons (Fsp3) is 0.474. The molecule has 2 atom stereocenters. The highest BCUT2D eigenvalue weighted by atomic mass is 16.5. The number of esters is 1. The van der Waals surface area contributed by atoms with Crippen LogP contribution in [0.25, 0.3) is 0 Å². The second kappa shape index (κ2) is 6.57. The Hall–Kier alpha value is -2.10. The Morgan fingerprint density at radius 1 is 1.09 bits per heavy atom. The Balaban J connectivity index is 2.00. The van der Waals surface area contributed by atoms with Crippen molar-refractivity contribution >= 4 is 11.8 Å². The number of carbonyl (C=O) groups excluding carboxylic acids is 2. The second-order valence-electron chi connectivity index (χ2n) is 6.21. The zero-order valence-electron chi connectivity index (χ0n) is 13.6. The zero-order valence-corrected chi connectivity index (χ0v) is 13.6. The number of carbonyl (C=O) groups is 2. The van der Waals surface area contributed by atoms with E-state index in [1.165, 1.54) is 12.7 Å². The van der Waals surface area contributed by atoms with Crippen LogP contribution in [-0.2, 0) is 14.3 Å². The summed E-state index contributed by atoms with van der Waals surface area (Å²) in [4.78, 5) is 24.7. The summed E-state index contributed by atoms with van der Waals surface area (Å²) in [6, 6.07) is 7.93. The van der Waals surface area contributed by atoms with Crippen LogP contribution in [0.2, 0.25) is 0 Å². The van der Waals surface area contributed by atoms with E-state index in [-0.39, 0.29) is 11.7 Å². The van der Waals surface area contributed by atoms with Gasteiger partial charge in [-0.05, 0) is 55.4 Å². The van der Waals surface area contributed by atoms with Crippen LogP contribution in [0.4, 0.5) is 0 Å². The molecule has 0 fully saturated rings. The van der Waals surface area contributed by atoms with Gasteiger partial charge < -0.3 is 9.47 Å². The third-order valence-electron chi connectivity index (χ3n) is 5.02. The van der Waals surface area contributed by atoms with Crippen LogP contribution in [0.15, 0.2) is 35.4 Å². The van der Waals surface area contributed by atoms with Gasteiger partial charge in [0.2, 0.25) is 0 Å². The molecule has 1 unspecified atom stereocenters. The van der Waals surface area contributed by atoms with Gasteiger partial charge in [-0.15, -0.1) is 0 Å². The number of methoxy groups -OCH3 is 2. The van der Waals surface area contributed by atoms with E-state index in [2.05, 4.69) is 0 Å².